The molecule has 1 aliphatic carbocycles. The Morgan fingerprint density at radius 2 is 2.30 bits per heavy atom. The van der Waals surface area contributed by atoms with E-state index < -0.39 is 0 Å². The third-order valence-corrected chi connectivity index (χ3v) is 3.93. The van der Waals surface area contributed by atoms with Gasteiger partial charge in [-0.15, -0.1) is 0 Å². The van der Waals surface area contributed by atoms with Gasteiger partial charge in [-0.05, 0) is 31.9 Å². The molecule has 1 heterocycles. The average Bonchev–Trinajstić information content (AvgIpc) is 3.18. The number of hydrogen-bond donors (Lipinski definition) is 2. The molecule has 1 aliphatic rings. The Bertz CT molecular complexity index is 493. The van der Waals surface area contributed by atoms with E-state index in [-0.39, 0.29) is 18.5 Å². The number of nitrogens with zero attached hydrogens (tertiary/aromatic N) is 2. The molecule has 0 aliphatic heterocycles. The van der Waals surface area contributed by atoms with Gasteiger partial charge in [0.15, 0.2) is 5.82 Å². The molecule has 20 heavy (non-hydrogen) atoms. The van der Waals surface area contributed by atoms with Crippen molar-refractivity contribution in [1.82, 2.24) is 9.88 Å². The van der Waals surface area contributed by atoms with Crippen molar-refractivity contribution in [3.8, 4) is 0 Å². The van der Waals surface area contributed by atoms with Crippen LogP contribution in [-0.4, -0.2) is 42.0 Å². The van der Waals surface area contributed by atoms with Gasteiger partial charge in [0.2, 0.25) is 5.91 Å². The standard InChI is InChI=1S/C13H18Cl2N4O/c1-19(11(5-16)8-2-3-8)7-12(20)18-13-10(15)4-9(14)6-17-13/h4,6,8,11H,2-3,5,7,16H2,1H3,(H,17,18,20). The second-order valence-electron chi connectivity index (χ2n) is 5.09. The third kappa shape index (κ3) is 4.06. The molecule has 0 radical (unpaired) electrons. The zero-order valence-electron chi connectivity index (χ0n) is 11.3. The van der Waals surface area contributed by atoms with E-state index in [9.17, 15) is 4.79 Å². The number of pyridine rings is 1. The van der Waals surface area contributed by atoms with Crippen molar-refractivity contribution in [3.05, 3.63) is 22.3 Å². The molecule has 1 atom stereocenters. The van der Waals surface area contributed by atoms with E-state index in [2.05, 4.69) is 10.3 Å². The molecule has 1 unspecified atom stereocenters. The van der Waals surface area contributed by atoms with E-state index in [1.54, 1.807) is 6.07 Å². The monoisotopic (exact) mass is 316 g/mol. The van der Waals surface area contributed by atoms with Gasteiger partial charge in [-0.25, -0.2) is 4.98 Å². The number of aromatic nitrogens is 1. The minimum absolute atomic E-state index is 0.164. The average molecular weight is 317 g/mol. The van der Waals surface area contributed by atoms with E-state index in [1.165, 1.54) is 19.0 Å². The lowest BCUT2D eigenvalue weighted by molar-refractivity contribution is -0.117. The predicted molar refractivity (Wildman–Crippen MR) is 81.1 cm³/mol. The summed E-state index contributed by atoms with van der Waals surface area (Å²) < 4.78 is 0. The van der Waals surface area contributed by atoms with Crippen LogP contribution in [0.3, 0.4) is 0 Å². The predicted octanol–water partition coefficient (Wildman–Crippen LogP) is 2.00. The van der Waals surface area contributed by atoms with Crippen molar-refractivity contribution < 1.29 is 4.79 Å². The number of halogens is 2. The molecule has 1 saturated carbocycles. The SMILES string of the molecule is CN(CC(=O)Nc1ncc(Cl)cc1Cl)C(CN)C1CC1. The normalized spacial score (nSPS) is 16.2. The molecular formula is C13H18Cl2N4O. The molecule has 2 rings (SSSR count). The highest BCUT2D eigenvalue weighted by atomic mass is 35.5. The quantitative estimate of drug-likeness (QED) is 0.842. The number of nitrogens with one attached hydrogen (secondary N) is 1. The highest BCUT2D eigenvalue weighted by Gasteiger charge is 2.33. The van der Waals surface area contributed by atoms with Crippen LogP contribution in [0.4, 0.5) is 5.82 Å². The molecule has 0 aromatic carbocycles. The first-order chi connectivity index (χ1) is 9.51. The molecule has 3 N–H and O–H groups in total. The Hall–Kier alpha value is -0.880. The Labute approximate surface area is 128 Å². The first-order valence-electron chi connectivity index (χ1n) is 6.52. The van der Waals surface area contributed by atoms with Gasteiger partial charge in [0.05, 0.1) is 16.6 Å². The number of carbonyl (C=O) groups excluding carboxylic acids is 1. The smallest absolute Gasteiger partial charge is 0.239 e. The lowest BCUT2D eigenvalue weighted by atomic mass is 10.1. The van der Waals surface area contributed by atoms with Crippen LogP contribution in [0.5, 0.6) is 0 Å². The van der Waals surface area contributed by atoms with Gasteiger partial charge >= 0.3 is 0 Å². The van der Waals surface area contributed by atoms with Crippen LogP contribution in [0.15, 0.2) is 12.3 Å². The third-order valence-electron chi connectivity index (χ3n) is 3.43. The highest BCUT2D eigenvalue weighted by molar-refractivity contribution is 6.36. The fourth-order valence-electron chi connectivity index (χ4n) is 2.24. The maximum absolute atomic E-state index is 12.0. The van der Waals surface area contributed by atoms with Gasteiger partial charge < -0.3 is 11.1 Å². The zero-order valence-corrected chi connectivity index (χ0v) is 12.8. The molecule has 1 fully saturated rings. The Morgan fingerprint density at radius 1 is 1.60 bits per heavy atom. The fourth-order valence-corrected chi connectivity index (χ4v) is 2.66. The summed E-state index contributed by atoms with van der Waals surface area (Å²) >= 11 is 11.7. The number of rotatable bonds is 6. The van der Waals surface area contributed by atoms with Gasteiger partial charge in [-0.3, -0.25) is 9.69 Å². The lowest BCUT2D eigenvalue weighted by Crippen LogP contribution is -2.43. The minimum Gasteiger partial charge on any atom is -0.329 e. The summed E-state index contributed by atoms with van der Waals surface area (Å²) in [6, 6.07) is 1.80. The topological polar surface area (TPSA) is 71.2 Å². The van der Waals surface area contributed by atoms with Crippen molar-refractivity contribution in [2.45, 2.75) is 18.9 Å². The number of anilines is 1. The largest absolute Gasteiger partial charge is 0.329 e. The van der Waals surface area contributed by atoms with E-state index >= 15 is 0 Å². The van der Waals surface area contributed by atoms with Crippen LogP contribution < -0.4 is 11.1 Å². The molecule has 7 heteroatoms. The van der Waals surface area contributed by atoms with Crippen molar-refractivity contribution >= 4 is 34.9 Å². The molecule has 1 aromatic rings. The van der Waals surface area contributed by atoms with Crippen LogP contribution in [0.25, 0.3) is 0 Å². The van der Waals surface area contributed by atoms with E-state index in [0.29, 0.717) is 28.3 Å². The first kappa shape index (κ1) is 15.5. The summed E-state index contributed by atoms with van der Waals surface area (Å²) in [5.74, 6) is 0.781. The summed E-state index contributed by atoms with van der Waals surface area (Å²) in [5, 5.41) is 3.44. The minimum atomic E-state index is -0.164. The van der Waals surface area contributed by atoms with E-state index in [4.69, 9.17) is 28.9 Å². The zero-order chi connectivity index (χ0) is 14.7. The first-order valence-corrected chi connectivity index (χ1v) is 7.28. The van der Waals surface area contributed by atoms with Crippen molar-refractivity contribution in [2.75, 3.05) is 25.5 Å². The number of amides is 1. The van der Waals surface area contributed by atoms with Gasteiger partial charge in [-0.2, -0.15) is 0 Å². The molecule has 1 aromatic heterocycles. The van der Waals surface area contributed by atoms with Crippen molar-refractivity contribution in [2.24, 2.45) is 11.7 Å². The summed E-state index contributed by atoms with van der Waals surface area (Å²) in [6.07, 6.45) is 3.83. The van der Waals surface area contributed by atoms with Gasteiger partial charge in [-0.1, -0.05) is 23.2 Å². The molecule has 110 valence electrons. The lowest BCUT2D eigenvalue weighted by Gasteiger charge is -2.26. The summed E-state index contributed by atoms with van der Waals surface area (Å²) in [7, 11) is 1.91. The summed E-state index contributed by atoms with van der Waals surface area (Å²) in [4.78, 5) is 18.0. The van der Waals surface area contributed by atoms with Crippen LogP contribution in [0, 0.1) is 5.92 Å². The molecule has 0 bridgehead atoms. The Morgan fingerprint density at radius 3 is 2.85 bits per heavy atom. The summed E-state index contributed by atoms with van der Waals surface area (Å²) in [5.41, 5.74) is 5.76. The van der Waals surface area contributed by atoms with Crippen molar-refractivity contribution in [1.29, 1.82) is 0 Å². The van der Waals surface area contributed by atoms with Crippen LogP contribution >= 0.6 is 23.2 Å². The molecule has 5 nitrogen and oxygen atoms in total. The van der Waals surface area contributed by atoms with Crippen molar-refractivity contribution in [3.63, 3.8) is 0 Å². The Balaban J connectivity index is 1.91. The molecule has 0 spiro atoms. The van der Waals surface area contributed by atoms with E-state index in [1.807, 2.05) is 11.9 Å². The molecular weight excluding hydrogens is 299 g/mol. The number of likely N-dealkylation sites (N-methyl/N-ethyl adjacent to an activating group) is 1. The van der Waals surface area contributed by atoms with Gasteiger partial charge in [0.25, 0.3) is 0 Å². The van der Waals surface area contributed by atoms with Crippen LogP contribution in [-0.2, 0) is 4.79 Å². The number of hydrogen-bond acceptors (Lipinski definition) is 4. The molecule has 1 amide bonds. The number of nitrogens with two attached hydrogens (primary N) is 1. The Kier molecular flexibility index (Phi) is 5.21. The van der Waals surface area contributed by atoms with E-state index in [0.717, 1.165) is 0 Å². The number of carbonyl (C=O) groups is 1. The fraction of sp³-hybridized carbons (Fsp3) is 0.538. The maximum atomic E-state index is 12.0. The molecule has 0 saturated heterocycles. The maximum Gasteiger partial charge on any atom is 0.239 e. The highest BCUT2D eigenvalue weighted by Crippen LogP contribution is 2.34. The summed E-state index contributed by atoms with van der Waals surface area (Å²) in [6.45, 7) is 0.827. The van der Waals surface area contributed by atoms with Gasteiger partial charge in [0.1, 0.15) is 0 Å². The second kappa shape index (κ2) is 6.72. The second-order valence-corrected chi connectivity index (χ2v) is 5.93. The van der Waals surface area contributed by atoms with Gasteiger partial charge in [0, 0.05) is 18.8 Å². The van der Waals surface area contributed by atoms with Crippen LogP contribution in [0.2, 0.25) is 10.0 Å². The van der Waals surface area contributed by atoms with Crippen LogP contribution in [0.1, 0.15) is 12.8 Å².